The van der Waals surface area contributed by atoms with Crippen molar-refractivity contribution >= 4 is 23.2 Å². The molecule has 3 aliphatic carbocycles. The van der Waals surface area contributed by atoms with Gasteiger partial charge in [-0.25, -0.2) is 0 Å². The van der Waals surface area contributed by atoms with Gasteiger partial charge in [-0.1, -0.05) is 11.6 Å². The Hall–Kier alpha value is -0.600. The van der Waals surface area contributed by atoms with E-state index in [0.717, 1.165) is 29.2 Å². The van der Waals surface area contributed by atoms with Gasteiger partial charge in [-0.05, 0) is 60.5 Å². The van der Waals surface area contributed by atoms with Crippen LogP contribution in [0.25, 0.3) is 0 Å². The second kappa shape index (κ2) is 4.96. The zero-order valence-electron chi connectivity index (χ0n) is 12.3. The van der Waals surface area contributed by atoms with E-state index in [0.29, 0.717) is 22.4 Å². The highest BCUT2D eigenvalue weighted by Gasteiger charge is 2.66. The minimum atomic E-state index is -0.00398. The fourth-order valence-corrected chi connectivity index (χ4v) is 5.92. The maximum absolute atomic E-state index is 6.81. The third-order valence-corrected chi connectivity index (χ3v) is 6.79. The monoisotopic (exact) mass is 326 g/mol. The molecule has 3 saturated carbocycles. The standard InChI is InChI=1S/C17H20Cl2O2/c1-20-12-6-10(11(18)7-13(12)21-2)17(19)16-14-8-3-4-9(5-8)15(14)16/h6-9,14-17H,3-5H2,1-2H3. The number of benzene rings is 1. The number of rotatable bonds is 4. The van der Waals surface area contributed by atoms with E-state index in [-0.39, 0.29) is 5.38 Å². The Bertz CT molecular complexity index is 558. The molecule has 2 bridgehead atoms. The second-order valence-electron chi connectivity index (χ2n) is 6.70. The number of hydrogen-bond acceptors (Lipinski definition) is 2. The van der Waals surface area contributed by atoms with Crippen molar-refractivity contribution in [3.63, 3.8) is 0 Å². The molecule has 1 aromatic carbocycles. The van der Waals surface area contributed by atoms with E-state index in [4.69, 9.17) is 32.7 Å². The van der Waals surface area contributed by atoms with E-state index in [1.165, 1.54) is 19.3 Å². The molecule has 0 radical (unpaired) electrons. The SMILES string of the molecule is COc1cc(Cl)c(C(Cl)C2C3C4CCC(C4)C32)cc1OC. The van der Waals surface area contributed by atoms with Gasteiger partial charge in [0.2, 0.25) is 0 Å². The number of methoxy groups -OCH3 is 2. The van der Waals surface area contributed by atoms with Crippen LogP contribution in [0.2, 0.25) is 5.02 Å². The largest absolute Gasteiger partial charge is 0.493 e. The number of fused-ring (bicyclic) bond motifs is 5. The van der Waals surface area contributed by atoms with Gasteiger partial charge in [0.25, 0.3) is 0 Å². The zero-order chi connectivity index (χ0) is 14.7. The molecule has 3 aliphatic rings. The van der Waals surface area contributed by atoms with Crippen LogP contribution in [0.3, 0.4) is 0 Å². The van der Waals surface area contributed by atoms with Crippen molar-refractivity contribution in [2.24, 2.45) is 29.6 Å². The van der Waals surface area contributed by atoms with Gasteiger partial charge < -0.3 is 9.47 Å². The van der Waals surface area contributed by atoms with Gasteiger partial charge in [-0.2, -0.15) is 0 Å². The molecule has 3 fully saturated rings. The highest BCUT2D eigenvalue weighted by atomic mass is 35.5. The molecule has 21 heavy (non-hydrogen) atoms. The first-order chi connectivity index (χ1) is 10.2. The van der Waals surface area contributed by atoms with Crippen molar-refractivity contribution in [2.45, 2.75) is 24.6 Å². The Morgan fingerprint density at radius 3 is 2.19 bits per heavy atom. The Morgan fingerprint density at radius 1 is 1.05 bits per heavy atom. The van der Waals surface area contributed by atoms with Gasteiger partial charge in [0.05, 0.1) is 19.6 Å². The molecule has 0 heterocycles. The van der Waals surface area contributed by atoms with Crippen LogP contribution in [0.1, 0.15) is 30.2 Å². The Morgan fingerprint density at radius 2 is 1.62 bits per heavy atom. The van der Waals surface area contributed by atoms with Crippen molar-refractivity contribution in [3.05, 3.63) is 22.7 Å². The molecule has 2 nitrogen and oxygen atoms in total. The summed E-state index contributed by atoms with van der Waals surface area (Å²) in [5.74, 6) is 5.50. The Kier molecular flexibility index (Phi) is 3.31. The van der Waals surface area contributed by atoms with E-state index in [1.54, 1.807) is 14.2 Å². The molecule has 0 aromatic heterocycles. The number of halogens is 2. The van der Waals surface area contributed by atoms with Gasteiger partial charge in [-0.15, -0.1) is 11.6 Å². The average Bonchev–Trinajstić information content (AvgIpc) is 2.93. The quantitative estimate of drug-likeness (QED) is 0.730. The first-order valence-electron chi connectivity index (χ1n) is 7.71. The van der Waals surface area contributed by atoms with Crippen molar-refractivity contribution in [1.29, 1.82) is 0 Å². The molecule has 4 rings (SSSR count). The molecule has 0 N–H and O–H groups in total. The van der Waals surface area contributed by atoms with E-state index in [2.05, 4.69) is 0 Å². The summed E-state index contributed by atoms with van der Waals surface area (Å²) in [7, 11) is 3.26. The highest BCUT2D eigenvalue weighted by molar-refractivity contribution is 6.33. The van der Waals surface area contributed by atoms with Gasteiger partial charge in [-0.3, -0.25) is 0 Å². The summed E-state index contributed by atoms with van der Waals surface area (Å²) < 4.78 is 10.7. The number of hydrogen-bond donors (Lipinski definition) is 0. The van der Waals surface area contributed by atoms with Crippen LogP contribution in [0.5, 0.6) is 11.5 Å². The Labute approximate surface area is 135 Å². The van der Waals surface area contributed by atoms with Crippen molar-refractivity contribution in [2.75, 3.05) is 14.2 Å². The maximum Gasteiger partial charge on any atom is 0.162 e. The average molecular weight is 327 g/mol. The van der Waals surface area contributed by atoms with Crippen LogP contribution in [-0.4, -0.2) is 14.2 Å². The van der Waals surface area contributed by atoms with Gasteiger partial charge >= 0.3 is 0 Å². The summed E-state index contributed by atoms with van der Waals surface area (Å²) in [4.78, 5) is 0. The summed E-state index contributed by atoms with van der Waals surface area (Å²) in [6, 6.07) is 3.77. The summed E-state index contributed by atoms with van der Waals surface area (Å²) >= 11 is 13.2. The second-order valence-corrected chi connectivity index (χ2v) is 7.57. The van der Waals surface area contributed by atoms with E-state index < -0.39 is 0 Å². The van der Waals surface area contributed by atoms with Crippen LogP contribution in [0.15, 0.2) is 12.1 Å². The lowest BCUT2D eigenvalue weighted by Gasteiger charge is -2.18. The lowest BCUT2D eigenvalue weighted by Crippen LogP contribution is -2.05. The molecule has 0 aliphatic heterocycles. The molecule has 4 heteroatoms. The van der Waals surface area contributed by atoms with Crippen LogP contribution in [0.4, 0.5) is 0 Å². The zero-order valence-corrected chi connectivity index (χ0v) is 13.8. The van der Waals surface area contributed by atoms with Crippen molar-refractivity contribution in [1.82, 2.24) is 0 Å². The number of alkyl halides is 1. The predicted octanol–water partition coefficient (Wildman–Crippen LogP) is 4.93. The van der Waals surface area contributed by atoms with Crippen molar-refractivity contribution in [3.8, 4) is 11.5 Å². The van der Waals surface area contributed by atoms with Crippen LogP contribution in [-0.2, 0) is 0 Å². The summed E-state index contributed by atoms with van der Waals surface area (Å²) in [6.45, 7) is 0. The lowest BCUT2D eigenvalue weighted by molar-refractivity contribution is 0.354. The van der Waals surface area contributed by atoms with E-state index in [1.807, 2.05) is 12.1 Å². The lowest BCUT2D eigenvalue weighted by atomic mass is 9.96. The number of ether oxygens (including phenoxy) is 2. The summed E-state index contributed by atoms with van der Waals surface area (Å²) in [6.07, 6.45) is 4.26. The molecule has 114 valence electrons. The van der Waals surface area contributed by atoms with Crippen LogP contribution in [0, 0.1) is 29.6 Å². The smallest absolute Gasteiger partial charge is 0.162 e. The van der Waals surface area contributed by atoms with Crippen molar-refractivity contribution < 1.29 is 9.47 Å². The Balaban J connectivity index is 1.62. The highest BCUT2D eigenvalue weighted by Crippen LogP contribution is 2.73. The minimum absolute atomic E-state index is 0.00398. The summed E-state index contributed by atoms with van der Waals surface area (Å²) in [5.41, 5.74) is 0.995. The van der Waals surface area contributed by atoms with E-state index >= 15 is 0 Å². The molecule has 0 spiro atoms. The molecule has 5 atom stereocenters. The molecule has 1 aromatic rings. The van der Waals surface area contributed by atoms with Gasteiger partial charge in [0.15, 0.2) is 11.5 Å². The molecule has 0 amide bonds. The maximum atomic E-state index is 6.81. The predicted molar refractivity (Wildman–Crippen MR) is 84.5 cm³/mol. The van der Waals surface area contributed by atoms with Gasteiger partial charge in [0, 0.05) is 11.1 Å². The first kappa shape index (κ1) is 14.0. The van der Waals surface area contributed by atoms with Crippen LogP contribution < -0.4 is 9.47 Å². The van der Waals surface area contributed by atoms with Gasteiger partial charge in [0.1, 0.15) is 0 Å². The third kappa shape index (κ3) is 1.98. The van der Waals surface area contributed by atoms with Crippen LogP contribution >= 0.6 is 23.2 Å². The topological polar surface area (TPSA) is 18.5 Å². The third-order valence-electron chi connectivity index (χ3n) is 5.93. The molecular formula is C17H20Cl2O2. The first-order valence-corrected chi connectivity index (χ1v) is 8.52. The molecule has 0 saturated heterocycles. The van der Waals surface area contributed by atoms with E-state index in [9.17, 15) is 0 Å². The summed E-state index contributed by atoms with van der Waals surface area (Å²) in [5, 5.41) is 0.681. The molecular weight excluding hydrogens is 307 g/mol. The molecule has 5 unspecified atom stereocenters. The fraction of sp³-hybridized carbons (Fsp3) is 0.647. The fourth-order valence-electron chi connectivity index (χ4n) is 5.07. The minimum Gasteiger partial charge on any atom is -0.493 e. The normalized spacial score (nSPS) is 37.2.